The van der Waals surface area contributed by atoms with Crippen LogP contribution in [0.1, 0.15) is 12.0 Å². The van der Waals surface area contributed by atoms with Gasteiger partial charge >= 0.3 is 0 Å². The maximum absolute atomic E-state index is 12.1. The van der Waals surface area contributed by atoms with Crippen LogP contribution in [0.15, 0.2) is 48.0 Å². The van der Waals surface area contributed by atoms with E-state index in [1.807, 2.05) is 46.7 Å². The Morgan fingerprint density at radius 3 is 3.00 bits per heavy atom. The predicted molar refractivity (Wildman–Crippen MR) is 83.2 cm³/mol. The van der Waals surface area contributed by atoms with Gasteiger partial charge in [0.15, 0.2) is 0 Å². The predicted octanol–water partition coefficient (Wildman–Crippen LogP) is 2.84. The average molecular weight is 300 g/mol. The number of thiazole rings is 1. The molecule has 1 saturated heterocycles. The second-order valence-corrected chi connectivity index (χ2v) is 5.71. The van der Waals surface area contributed by atoms with Crippen LogP contribution in [0.5, 0.6) is 5.19 Å². The number of carbonyl (C=O) groups is 1. The third-order valence-electron chi connectivity index (χ3n) is 3.35. The summed E-state index contributed by atoms with van der Waals surface area (Å²) in [6.45, 7) is 1.35. The molecule has 1 atom stereocenters. The Hall–Kier alpha value is -2.14. The summed E-state index contributed by atoms with van der Waals surface area (Å²) >= 11 is 1.48. The summed E-state index contributed by atoms with van der Waals surface area (Å²) in [5.74, 6) is 0.0316. The van der Waals surface area contributed by atoms with E-state index in [-0.39, 0.29) is 12.0 Å². The van der Waals surface area contributed by atoms with Gasteiger partial charge in [-0.3, -0.25) is 4.79 Å². The molecule has 1 aliphatic rings. The molecular weight excluding hydrogens is 284 g/mol. The van der Waals surface area contributed by atoms with Crippen molar-refractivity contribution in [2.45, 2.75) is 12.5 Å². The van der Waals surface area contributed by atoms with Crippen molar-refractivity contribution in [3.05, 3.63) is 53.5 Å². The van der Waals surface area contributed by atoms with Crippen LogP contribution in [0.4, 0.5) is 0 Å². The molecule has 0 radical (unpaired) electrons. The summed E-state index contributed by atoms with van der Waals surface area (Å²) in [6.07, 6.45) is 6.09. The molecule has 0 unspecified atom stereocenters. The van der Waals surface area contributed by atoms with Crippen LogP contribution >= 0.6 is 11.3 Å². The molecule has 0 bridgehead atoms. The highest BCUT2D eigenvalue weighted by molar-refractivity contribution is 7.11. The second-order valence-electron chi connectivity index (χ2n) is 4.85. The zero-order chi connectivity index (χ0) is 14.5. The Labute approximate surface area is 127 Å². The maximum Gasteiger partial charge on any atom is 0.273 e. The summed E-state index contributed by atoms with van der Waals surface area (Å²) in [6, 6.07) is 9.82. The molecule has 0 N–H and O–H groups in total. The summed E-state index contributed by atoms with van der Waals surface area (Å²) in [5, 5.41) is 2.56. The number of hydrogen-bond acceptors (Lipinski definition) is 4. The minimum absolute atomic E-state index is 0.0316. The number of rotatable bonds is 4. The minimum atomic E-state index is 0.0316. The Kier molecular flexibility index (Phi) is 4.31. The van der Waals surface area contributed by atoms with Gasteiger partial charge in [-0.15, -0.1) is 0 Å². The zero-order valence-electron chi connectivity index (χ0n) is 11.5. The highest BCUT2D eigenvalue weighted by Gasteiger charge is 2.26. The van der Waals surface area contributed by atoms with Crippen molar-refractivity contribution >= 4 is 23.3 Å². The van der Waals surface area contributed by atoms with Crippen LogP contribution < -0.4 is 4.74 Å². The van der Waals surface area contributed by atoms with Gasteiger partial charge in [0.05, 0.1) is 6.54 Å². The average Bonchev–Trinajstić information content (AvgIpc) is 3.18. The lowest BCUT2D eigenvalue weighted by Gasteiger charge is -2.14. The van der Waals surface area contributed by atoms with E-state index in [1.54, 1.807) is 12.3 Å². The third-order valence-corrected chi connectivity index (χ3v) is 4.01. The summed E-state index contributed by atoms with van der Waals surface area (Å²) in [5.41, 5.74) is 1.03. The quantitative estimate of drug-likeness (QED) is 0.815. The minimum Gasteiger partial charge on any atom is -0.465 e. The van der Waals surface area contributed by atoms with E-state index in [9.17, 15) is 4.79 Å². The van der Waals surface area contributed by atoms with E-state index in [0.717, 1.165) is 18.5 Å². The molecule has 21 heavy (non-hydrogen) atoms. The number of likely N-dealkylation sites (tertiary alicyclic amines) is 1. The number of amides is 1. The van der Waals surface area contributed by atoms with Crippen LogP contribution in [0.2, 0.25) is 0 Å². The molecule has 0 spiro atoms. The fourth-order valence-corrected chi connectivity index (χ4v) is 2.82. The van der Waals surface area contributed by atoms with Gasteiger partial charge in [0.2, 0.25) is 5.91 Å². The molecule has 3 rings (SSSR count). The van der Waals surface area contributed by atoms with E-state index in [0.29, 0.717) is 11.7 Å². The molecule has 2 heterocycles. The molecule has 4 nitrogen and oxygen atoms in total. The summed E-state index contributed by atoms with van der Waals surface area (Å²) < 4.78 is 5.75. The lowest BCUT2D eigenvalue weighted by atomic mass is 10.2. The summed E-state index contributed by atoms with van der Waals surface area (Å²) in [7, 11) is 0. The van der Waals surface area contributed by atoms with Crippen molar-refractivity contribution in [1.82, 2.24) is 9.88 Å². The fourth-order valence-electron chi connectivity index (χ4n) is 2.27. The Balaban J connectivity index is 1.53. The van der Waals surface area contributed by atoms with Gasteiger partial charge in [-0.2, -0.15) is 0 Å². The van der Waals surface area contributed by atoms with Gasteiger partial charge in [-0.05, 0) is 11.6 Å². The van der Waals surface area contributed by atoms with Gasteiger partial charge in [0, 0.05) is 30.6 Å². The Morgan fingerprint density at radius 1 is 1.38 bits per heavy atom. The molecule has 1 aromatic heterocycles. The number of carbonyl (C=O) groups excluding carboxylic acids is 1. The molecule has 1 aliphatic heterocycles. The lowest BCUT2D eigenvalue weighted by molar-refractivity contribution is -0.125. The van der Waals surface area contributed by atoms with Crippen molar-refractivity contribution in [3.63, 3.8) is 0 Å². The fraction of sp³-hybridized carbons (Fsp3) is 0.250. The van der Waals surface area contributed by atoms with E-state index in [1.165, 1.54) is 11.3 Å². The maximum atomic E-state index is 12.1. The first-order valence-electron chi connectivity index (χ1n) is 6.89. The SMILES string of the molecule is O=C(/C=C/c1ccccc1)N1CC[C@H](Oc2nccs2)C1. The molecule has 5 heteroatoms. The number of nitrogens with zero attached hydrogens (tertiary/aromatic N) is 2. The number of aromatic nitrogens is 1. The molecular formula is C16H16N2O2S. The van der Waals surface area contributed by atoms with E-state index >= 15 is 0 Å². The Morgan fingerprint density at radius 2 is 2.24 bits per heavy atom. The monoisotopic (exact) mass is 300 g/mol. The van der Waals surface area contributed by atoms with Crippen molar-refractivity contribution < 1.29 is 9.53 Å². The molecule has 1 aromatic carbocycles. The van der Waals surface area contributed by atoms with Crippen LogP contribution in [-0.4, -0.2) is 35.0 Å². The lowest BCUT2D eigenvalue weighted by Crippen LogP contribution is -2.29. The van der Waals surface area contributed by atoms with Crippen LogP contribution in [0, 0.1) is 0 Å². The largest absolute Gasteiger partial charge is 0.465 e. The number of ether oxygens (including phenoxy) is 1. The number of hydrogen-bond donors (Lipinski definition) is 0. The zero-order valence-corrected chi connectivity index (χ0v) is 12.3. The van der Waals surface area contributed by atoms with Gasteiger partial charge in [-0.1, -0.05) is 41.7 Å². The van der Waals surface area contributed by atoms with E-state index in [2.05, 4.69) is 4.98 Å². The second kappa shape index (κ2) is 6.54. The van der Waals surface area contributed by atoms with Crippen LogP contribution in [-0.2, 0) is 4.79 Å². The van der Waals surface area contributed by atoms with Crippen molar-refractivity contribution in [2.75, 3.05) is 13.1 Å². The van der Waals surface area contributed by atoms with Crippen LogP contribution in [0.3, 0.4) is 0 Å². The van der Waals surface area contributed by atoms with Crippen LogP contribution in [0.25, 0.3) is 6.08 Å². The standard InChI is InChI=1S/C16H16N2O2S/c19-15(7-6-13-4-2-1-3-5-13)18-10-8-14(12-18)20-16-17-9-11-21-16/h1-7,9,11,14H,8,10,12H2/b7-6+/t14-/m0/s1. The molecule has 1 amide bonds. The van der Waals surface area contributed by atoms with Gasteiger partial charge < -0.3 is 9.64 Å². The van der Waals surface area contributed by atoms with Gasteiger partial charge in [0.25, 0.3) is 5.19 Å². The first kappa shape index (κ1) is 13.8. The molecule has 1 fully saturated rings. The molecule has 0 saturated carbocycles. The topological polar surface area (TPSA) is 42.4 Å². The third kappa shape index (κ3) is 3.70. The molecule has 2 aromatic rings. The number of benzene rings is 1. The summed E-state index contributed by atoms with van der Waals surface area (Å²) in [4.78, 5) is 18.1. The highest BCUT2D eigenvalue weighted by atomic mass is 32.1. The normalized spacial score (nSPS) is 18.3. The van der Waals surface area contributed by atoms with E-state index in [4.69, 9.17) is 4.74 Å². The van der Waals surface area contributed by atoms with Gasteiger partial charge in [-0.25, -0.2) is 4.98 Å². The highest BCUT2D eigenvalue weighted by Crippen LogP contribution is 2.20. The van der Waals surface area contributed by atoms with Crippen molar-refractivity contribution in [1.29, 1.82) is 0 Å². The van der Waals surface area contributed by atoms with Crippen molar-refractivity contribution in [3.8, 4) is 5.19 Å². The van der Waals surface area contributed by atoms with E-state index < -0.39 is 0 Å². The first-order chi connectivity index (χ1) is 10.3. The first-order valence-corrected chi connectivity index (χ1v) is 7.77. The smallest absolute Gasteiger partial charge is 0.273 e. The molecule has 0 aliphatic carbocycles. The van der Waals surface area contributed by atoms with Crippen molar-refractivity contribution in [2.24, 2.45) is 0 Å². The van der Waals surface area contributed by atoms with Gasteiger partial charge in [0.1, 0.15) is 6.10 Å². The molecule has 108 valence electrons. The Bertz CT molecular complexity index is 610.